The normalized spacial score (nSPS) is 18.7. The maximum absolute atomic E-state index is 13.4. The van der Waals surface area contributed by atoms with Gasteiger partial charge in [-0.1, -0.05) is 6.07 Å². The van der Waals surface area contributed by atoms with Crippen molar-refractivity contribution in [3.63, 3.8) is 0 Å². The fraction of sp³-hybridized carbons (Fsp3) is 0.462. The fourth-order valence-corrected chi connectivity index (χ4v) is 2.34. The highest BCUT2D eigenvalue weighted by atomic mass is 19.2. The van der Waals surface area contributed by atoms with E-state index in [0.29, 0.717) is 13.0 Å². The summed E-state index contributed by atoms with van der Waals surface area (Å²) in [6.45, 7) is 0.566. The Morgan fingerprint density at radius 2 is 2.26 bits per heavy atom. The van der Waals surface area contributed by atoms with Crippen LogP contribution in [0.3, 0.4) is 0 Å². The van der Waals surface area contributed by atoms with Crippen LogP contribution in [0.4, 0.5) is 19.3 Å². The smallest absolute Gasteiger partial charge is 0.322 e. The number of likely N-dealkylation sites (tertiary alicyclic amines) is 1. The van der Waals surface area contributed by atoms with Gasteiger partial charge in [0.15, 0.2) is 11.6 Å². The molecule has 1 aromatic carbocycles. The van der Waals surface area contributed by atoms with Crippen LogP contribution >= 0.6 is 0 Å². The number of halogens is 2. The van der Waals surface area contributed by atoms with Crippen molar-refractivity contribution < 1.29 is 18.7 Å². The highest BCUT2D eigenvalue weighted by Crippen LogP contribution is 2.22. The Kier molecular flexibility index (Phi) is 4.31. The number of benzene rings is 1. The molecular weight excluding hydrogens is 254 g/mol. The summed E-state index contributed by atoms with van der Waals surface area (Å²) < 4.78 is 26.5. The van der Waals surface area contributed by atoms with Gasteiger partial charge in [-0.25, -0.2) is 13.6 Å². The molecule has 0 aromatic heterocycles. The number of amides is 2. The molecule has 1 aliphatic rings. The van der Waals surface area contributed by atoms with E-state index in [2.05, 4.69) is 5.32 Å². The molecule has 0 bridgehead atoms. The molecule has 1 saturated heterocycles. The zero-order chi connectivity index (χ0) is 13.8. The van der Waals surface area contributed by atoms with Crippen molar-refractivity contribution in [1.29, 1.82) is 0 Å². The fourth-order valence-electron chi connectivity index (χ4n) is 2.34. The molecule has 0 radical (unpaired) electrons. The zero-order valence-electron chi connectivity index (χ0n) is 10.4. The molecule has 1 aromatic rings. The maximum atomic E-state index is 13.4. The number of carbonyl (C=O) groups is 1. The molecule has 4 nitrogen and oxygen atoms in total. The van der Waals surface area contributed by atoms with Crippen LogP contribution in [0.5, 0.6) is 0 Å². The molecule has 0 unspecified atom stereocenters. The third kappa shape index (κ3) is 3.01. The molecule has 0 aliphatic carbocycles. The second kappa shape index (κ2) is 5.97. The van der Waals surface area contributed by atoms with E-state index in [4.69, 9.17) is 5.11 Å². The van der Waals surface area contributed by atoms with Gasteiger partial charge in [0.2, 0.25) is 0 Å². The molecule has 2 N–H and O–H groups in total. The van der Waals surface area contributed by atoms with Crippen LogP contribution in [-0.4, -0.2) is 35.2 Å². The Morgan fingerprint density at radius 1 is 1.47 bits per heavy atom. The van der Waals surface area contributed by atoms with E-state index in [1.807, 2.05) is 0 Å². The molecule has 0 saturated carbocycles. The van der Waals surface area contributed by atoms with Crippen molar-refractivity contribution in [3.05, 3.63) is 29.8 Å². The number of urea groups is 1. The highest BCUT2D eigenvalue weighted by molar-refractivity contribution is 5.89. The number of hydrogen-bond donors (Lipinski definition) is 2. The Hall–Kier alpha value is -1.69. The topological polar surface area (TPSA) is 52.6 Å². The van der Waals surface area contributed by atoms with Crippen LogP contribution < -0.4 is 5.32 Å². The Bertz CT molecular complexity index is 468. The van der Waals surface area contributed by atoms with Crippen molar-refractivity contribution in [2.24, 2.45) is 0 Å². The van der Waals surface area contributed by atoms with Crippen molar-refractivity contribution in [2.45, 2.75) is 25.3 Å². The summed E-state index contributed by atoms with van der Waals surface area (Å²) in [6, 6.07) is 3.15. The van der Waals surface area contributed by atoms with Crippen LogP contribution in [0.25, 0.3) is 0 Å². The lowest BCUT2D eigenvalue weighted by Crippen LogP contribution is -2.39. The first-order chi connectivity index (χ1) is 9.13. The van der Waals surface area contributed by atoms with E-state index in [1.165, 1.54) is 12.1 Å². The number of aliphatic hydroxyl groups is 1. The van der Waals surface area contributed by atoms with Gasteiger partial charge in [-0.05, 0) is 31.4 Å². The predicted molar refractivity (Wildman–Crippen MR) is 66.8 cm³/mol. The van der Waals surface area contributed by atoms with Crippen LogP contribution in [0.1, 0.15) is 19.3 Å². The van der Waals surface area contributed by atoms with Crippen molar-refractivity contribution in [1.82, 2.24) is 4.90 Å². The van der Waals surface area contributed by atoms with Gasteiger partial charge in [0.05, 0.1) is 5.69 Å². The summed E-state index contributed by atoms with van der Waals surface area (Å²) >= 11 is 0. The second-order valence-electron chi connectivity index (χ2n) is 4.53. The third-order valence-corrected chi connectivity index (χ3v) is 3.29. The summed E-state index contributed by atoms with van der Waals surface area (Å²) in [4.78, 5) is 13.6. The molecule has 6 heteroatoms. The van der Waals surface area contributed by atoms with Crippen LogP contribution in [0, 0.1) is 11.6 Å². The largest absolute Gasteiger partial charge is 0.396 e. The van der Waals surface area contributed by atoms with Crippen molar-refractivity contribution in [2.75, 3.05) is 18.5 Å². The molecule has 104 valence electrons. The summed E-state index contributed by atoms with van der Waals surface area (Å²) in [6.07, 6.45) is 2.17. The SMILES string of the molecule is O=C(Nc1cccc(F)c1F)N1CCC[C@H]1CCO. The van der Waals surface area contributed by atoms with Gasteiger partial charge in [-0.3, -0.25) is 0 Å². The molecule has 19 heavy (non-hydrogen) atoms. The monoisotopic (exact) mass is 270 g/mol. The Labute approximate surface area is 110 Å². The average Bonchev–Trinajstić information content (AvgIpc) is 2.84. The van der Waals surface area contributed by atoms with Crippen LogP contribution in [-0.2, 0) is 0 Å². The van der Waals surface area contributed by atoms with Gasteiger partial charge >= 0.3 is 6.03 Å². The standard InChI is InChI=1S/C13H16F2N2O2/c14-10-4-1-5-11(12(10)15)16-13(19)17-7-2-3-9(17)6-8-18/h1,4-5,9,18H,2-3,6-8H2,(H,16,19)/t9-/m0/s1. The number of hydrogen-bond acceptors (Lipinski definition) is 2. The lowest BCUT2D eigenvalue weighted by atomic mass is 10.1. The van der Waals surface area contributed by atoms with E-state index >= 15 is 0 Å². The minimum absolute atomic E-state index is 0.00275. The first-order valence-electron chi connectivity index (χ1n) is 6.26. The average molecular weight is 270 g/mol. The quantitative estimate of drug-likeness (QED) is 0.885. The van der Waals surface area contributed by atoms with Gasteiger partial charge in [0.25, 0.3) is 0 Å². The lowest BCUT2D eigenvalue weighted by Gasteiger charge is -2.24. The zero-order valence-corrected chi connectivity index (χ0v) is 10.4. The van der Waals surface area contributed by atoms with Crippen LogP contribution in [0.15, 0.2) is 18.2 Å². The van der Waals surface area contributed by atoms with E-state index in [-0.39, 0.29) is 18.3 Å². The summed E-state index contributed by atoms with van der Waals surface area (Å²) in [5.41, 5.74) is -0.167. The number of rotatable bonds is 3. The highest BCUT2D eigenvalue weighted by Gasteiger charge is 2.28. The van der Waals surface area contributed by atoms with Crippen molar-refractivity contribution >= 4 is 11.7 Å². The first kappa shape index (κ1) is 13.7. The molecule has 1 fully saturated rings. The number of aliphatic hydroxyl groups excluding tert-OH is 1. The predicted octanol–water partition coefficient (Wildman–Crippen LogP) is 2.34. The molecule has 2 amide bonds. The number of nitrogens with one attached hydrogen (secondary N) is 1. The summed E-state index contributed by atoms with van der Waals surface area (Å²) in [7, 11) is 0. The molecule has 1 aliphatic heterocycles. The summed E-state index contributed by atoms with van der Waals surface area (Å²) in [5, 5.41) is 11.3. The van der Waals surface area contributed by atoms with Gasteiger partial charge in [-0.2, -0.15) is 0 Å². The maximum Gasteiger partial charge on any atom is 0.322 e. The molecule has 2 rings (SSSR count). The van der Waals surface area contributed by atoms with Gasteiger partial charge in [-0.15, -0.1) is 0 Å². The van der Waals surface area contributed by atoms with E-state index in [0.717, 1.165) is 18.9 Å². The third-order valence-electron chi connectivity index (χ3n) is 3.29. The second-order valence-corrected chi connectivity index (χ2v) is 4.53. The van der Waals surface area contributed by atoms with E-state index < -0.39 is 17.7 Å². The van der Waals surface area contributed by atoms with E-state index in [1.54, 1.807) is 4.90 Å². The molecular formula is C13H16F2N2O2. The van der Waals surface area contributed by atoms with E-state index in [9.17, 15) is 13.6 Å². The summed E-state index contributed by atoms with van der Waals surface area (Å²) in [5.74, 6) is -2.06. The molecule has 1 atom stereocenters. The van der Waals surface area contributed by atoms with Gasteiger partial charge < -0.3 is 15.3 Å². The molecule has 0 spiro atoms. The number of anilines is 1. The van der Waals surface area contributed by atoms with Gasteiger partial charge in [0.1, 0.15) is 0 Å². The van der Waals surface area contributed by atoms with Gasteiger partial charge in [0, 0.05) is 19.2 Å². The first-order valence-corrected chi connectivity index (χ1v) is 6.26. The Balaban J connectivity index is 2.06. The number of carbonyl (C=O) groups excluding carboxylic acids is 1. The minimum Gasteiger partial charge on any atom is -0.396 e. The van der Waals surface area contributed by atoms with Crippen molar-refractivity contribution in [3.8, 4) is 0 Å². The lowest BCUT2D eigenvalue weighted by molar-refractivity contribution is 0.189. The molecule has 1 heterocycles. The minimum atomic E-state index is -1.06. The van der Waals surface area contributed by atoms with Crippen LogP contribution in [0.2, 0.25) is 0 Å². The Morgan fingerprint density at radius 3 is 3.00 bits per heavy atom. The number of nitrogens with zero attached hydrogens (tertiary/aromatic N) is 1.